The molecular formula is C24H27F3N6O3S. The Bertz CT molecular complexity index is 1390. The molecule has 0 radical (unpaired) electrons. The Labute approximate surface area is 213 Å². The zero-order valence-electron chi connectivity index (χ0n) is 20.9. The van der Waals surface area contributed by atoms with Gasteiger partial charge in [0.25, 0.3) is 5.91 Å². The number of aryl methyl sites for hydroxylation is 1. The van der Waals surface area contributed by atoms with Gasteiger partial charge in [-0.25, -0.2) is 13.4 Å². The number of aromatic nitrogens is 2. The lowest BCUT2D eigenvalue weighted by molar-refractivity contribution is -0.137. The summed E-state index contributed by atoms with van der Waals surface area (Å²) in [5, 5.41) is 5.51. The second-order valence-corrected chi connectivity index (χ2v) is 10.6. The first kappa shape index (κ1) is 27.7. The van der Waals surface area contributed by atoms with Crippen molar-refractivity contribution in [3.8, 4) is 0 Å². The number of anilines is 4. The maximum absolute atomic E-state index is 13.7. The summed E-state index contributed by atoms with van der Waals surface area (Å²) in [5.41, 5.74) is 1.42. The summed E-state index contributed by atoms with van der Waals surface area (Å²) < 4.78 is 66.2. The fourth-order valence-corrected chi connectivity index (χ4v) is 3.87. The maximum Gasteiger partial charge on any atom is 0.421 e. The monoisotopic (exact) mass is 536 g/mol. The third kappa shape index (κ3) is 6.88. The fraction of sp³-hybridized carbons (Fsp3) is 0.292. The minimum absolute atomic E-state index is 0.0976. The number of nitrogens with one attached hydrogen (secondary N) is 2. The molecule has 3 rings (SSSR count). The quantitative estimate of drug-likeness (QED) is 0.443. The molecule has 0 spiro atoms. The molecule has 2 aromatic carbocycles. The summed E-state index contributed by atoms with van der Waals surface area (Å²) in [6.07, 6.45) is -3.02. The van der Waals surface area contributed by atoms with Crippen LogP contribution in [0.4, 0.5) is 36.3 Å². The second kappa shape index (κ2) is 10.6. The van der Waals surface area contributed by atoms with Gasteiger partial charge in [-0.05, 0) is 48.4 Å². The Kier molecular flexibility index (Phi) is 7.96. The summed E-state index contributed by atoms with van der Waals surface area (Å²) in [7, 11) is 1.02. The summed E-state index contributed by atoms with van der Waals surface area (Å²) >= 11 is 0. The summed E-state index contributed by atoms with van der Waals surface area (Å²) in [6, 6.07) is 11.3. The molecule has 0 saturated heterocycles. The third-order valence-corrected chi connectivity index (χ3v) is 6.60. The van der Waals surface area contributed by atoms with Gasteiger partial charge in [0, 0.05) is 45.1 Å². The van der Waals surface area contributed by atoms with Crippen molar-refractivity contribution >= 4 is 39.1 Å². The molecule has 0 saturated carbocycles. The van der Waals surface area contributed by atoms with E-state index >= 15 is 0 Å². The van der Waals surface area contributed by atoms with Crippen molar-refractivity contribution in [3.05, 3.63) is 70.9 Å². The topological polar surface area (TPSA) is 108 Å². The van der Waals surface area contributed by atoms with Gasteiger partial charge < -0.3 is 15.5 Å². The van der Waals surface area contributed by atoms with Gasteiger partial charge in [-0.2, -0.15) is 18.2 Å². The SMILES string of the molecule is Cc1ccc(CNc2nc(Nc3ccc(C(=O)N(C)C)cc3)ncc2C(F)(F)F)c(N(C)S(C)(=O)=O)c1. The van der Waals surface area contributed by atoms with E-state index in [-0.39, 0.29) is 18.4 Å². The highest BCUT2D eigenvalue weighted by atomic mass is 32.2. The molecule has 0 aliphatic heterocycles. The third-order valence-electron chi connectivity index (χ3n) is 5.41. The van der Waals surface area contributed by atoms with Crippen molar-refractivity contribution in [1.29, 1.82) is 0 Å². The smallest absolute Gasteiger partial charge is 0.365 e. The molecule has 0 aliphatic carbocycles. The van der Waals surface area contributed by atoms with Crippen LogP contribution in [-0.4, -0.2) is 56.6 Å². The lowest BCUT2D eigenvalue weighted by Gasteiger charge is -2.22. The molecule has 0 fully saturated rings. The molecule has 13 heteroatoms. The van der Waals surface area contributed by atoms with Crippen LogP contribution < -0.4 is 14.9 Å². The van der Waals surface area contributed by atoms with Crippen molar-refractivity contribution in [2.24, 2.45) is 0 Å². The van der Waals surface area contributed by atoms with Crippen LogP contribution in [0.25, 0.3) is 0 Å². The van der Waals surface area contributed by atoms with Gasteiger partial charge in [-0.15, -0.1) is 0 Å². The molecule has 2 N–H and O–H groups in total. The zero-order valence-corrected chi connectivity index (χ0v) is 21.7. The van der Waals surface area contributed by atoms with Gasteiger partial charge in [0.1, 0.15) is 11.4 Å². The molecule has 1 amide bonds. The maximum atomic E-state index is 13.7. The van der Waals surface area contributed by atoms with Crippen molar-refractivity contribution in [1.82, 2.24) is 14.9 Å². The molecule has 198 valence electrons. The Morgan fingerprint density at radius 1 is 1.05 bits per heavy atom. The lowest BCUT2D eigenvalue weighted by atomic mass is 10.1. The molecule has 37 heavy (non-hydrogen) atoms. The van der Waals surface area contributed by atoms with Crippen LogP contribution in [0.1, 0.15) is 27.0 Å². The number of alkyl halides is 3. The Morgan fingerprint density at radius 2 is 1.70 bits per heavy atom. The molecule has 0 atom stereocenters. The molecule has 3 aromatic rings. The van der Waals surface area contributed by atoms with Crippen LogP contribution in [0.15, 0.2) is 48.7 Å². The number of halogens is 3. The van der Waals surface area contributed by atoms with E-state index in [1.165, 1.54) is 11.9 Å². The number of carbonyl (C=O) groups is 1. The van der Waals surface area contributed by atoms with Crippen molar-refractivity contribution in [3.63, 3.8) is 0 Å². The molecule has 1 heterocycles. The Hall–Kier alpha value is -3.87. The van der Waals surface area contributed by atoms with E-state index in [2.05, 4.69) is 20.6 Å². The van der Waals surface area contributed by atoms with Gasteiger partial charge in [0.15, 0.2) is 0 Å². The van der Waals surface area contributed by atoms with E-state index in [0.717, 1.165) is 16.1 Å². The predicted octanol–water partition coefficient (Wildman–Crippen LogP) is 4.26. The molecule has 0 aliphatic rings. The van der Waals surface area contributed by atoms with E-state index in [0.29, 0.717) is 28.7 Å². The van der Waals surface area contributed by atoms with Crippen molar-refractivity contribution in [2.45, 2.75) is 19.6 Å². The van der Waals surface area contributed by atoms with Crippen LogP contribution in [-0.2, 0) is 22.7 Å². The molecular weight excluding hydrogens is 509 g/mol. The highest BCUT2D eigenvalue weighted by Gasteiger charge is 2.35. The summed E-state index contributed by atoms with van der Waals surface area (Å²) in [5.74, 6) is -0.765. The molecule has 1 aromatic heterocycles. The first-order chi connectivity index (χ1) is 17.2. The first-order valence-electron chi connectivity index (χ1n) is 11.0. The number of sulfonamides is 1. The fourth-order valence-electron chi connectivity index (χ4n) is 3.34. The van der Waals surface area contributed by atoms with Gasteiger partial charge in [-0.3, -0.25) is 9.10 Å². The van der Waals surface area contributed by atoms with E-state index in [4.69, 9.17) is 0 Å². The summed E-state index contributed by atoms with van der Waals surface area (Å²) in [6.45, 7) is 1.65. The highest BCUT2D eigenvalue weighted by molar-refractivity contribution is 7.92. The van der Waals surface area contributed by atoms with E-state index in [1.807, 2.05) is 0 Å². The lowest BCUT2D eigenvalue weighted by Crippen LogP contribution is -2.26. The molecule has 9 nitrogen and oxygen atoms in total. The van der Waals surface area contributed by atoms with Gasteiger partial charge in [-0.1, -0.05) is 12.1 Å². The summed E-state index contributed by atoms with van der Waals surface area (Å²) in [4.78, 5) is 21.3. The number of rotatable bonds is 8. The zero-order chi connectivity index (χ0) is 27.5. The van der Waals surface area contributed by atoms with Crippen LogP contribution in [0.3, 0.4) is 0 Å². The minimum atomic E-state index is -4.73. The van der Waals surface area contributed by atoms with E-state index < -0.39 is 27.6 Å². The van der Waals surface area contributed by atoms with E-state index in [9.17, 15) is 26.4 Å². The van der Waals surface area contributed by atoms with Gasteiger partial charge in [0.05, 0.1) is 11.9 Å². The number of benzene rings is 2. The number of carbonyl (C=O) groups excluding carboxylic acids is 1. The van der Waals surface area contributed by atoms with Crippen LogP contribution in [0.5, 0.6) is 0 Å². The van der Waals surface area contributed by atoms with Gasteiger partial charge >= 0.3 is 6.18 Å². The average molecular weight is 537 g/mol. The number of hydrogen-bond donors (Lipinski definition) is 2. The predicted molar refractivity (Wildman–Crippen MR) is 137 cm³/mol. The van der Waals surface area contributed by atoms with Crippen molar-refractivity contribution in [2.75, 3.05) is 42.3 Å². The standard InChI is InChI=1S/C24H27F3N6O3S/c1-15-6-7-17(20(12-15)33(4)37(5,35)36)13-28-21-19(24(25,26)27)14-29-23(31-21)30-18-10-8-16(9-11-18)22(34)32(2)3/h6-12,14H,13H2,1-5H3,(H2,28,29,30,31). The average Bonchev–Trinajstić information content (AvgIpc) is 2.81. The van der Waals surface area contributed by atoms with Crippen molar-refractivity contribution < 1.29 is 26.4 Å². The number of hydrogen-bond acceptors (Lipinski definition) is 7. The number of amides is 1. The van der Waals surface area contributed by atoms with Crippen LogP contribution in [0, 0.1) is 6.92 Å². The van der Waals surface area contributed by atoms with Crippen LogP contribution >= 0.6 is 0 Å². The second-order valence-electron chi connectivity index (χ2n) is 8.57. The molecule has 0 unspecified atom stereocenters. The highest BCUT2D eigenvalue weighted by Crippen LogP contribution is 2.35. The van der Waals surface area contributed by atoms with Gasteiger partial charge in [0.2, 0.25) is 16.0 Å². The van der Waals surface area contributed by atoms with Crippen LogP contribution in [0.2, 0.25) is 0 Å². The Balaban J connectivity index is 1.90. The first-order valence-corrected chi connectivity index (χ1v) is 12.8. The van der Waals surface area contributed by atoms with E-state index in [1.54, 1.807) is 63.5 Å². The molecule has 0 bridgehead atoms. The minimum Gasteiger partial charge on any atom is -0.365 e. The largest absolute Gasteiger partial charge is 0.421 e. The normalized spacial score (nSPS) is 11.7. The Morgan fingerprint density at radius 3 is 2.27 bits per heavy atom. The number of nitrogens with zero attached hydrogens (tertiary/aromatic N) is 4.